The molecular formula is C26H28IN3. The van der Waals surface area contributed by atoms with Gasteiger partial charge in [-0.15, -0.1) is 0 Å². The maximum Gasteiger partial charge on any atom is 0.292 e. The lowest BCUT2D eigenvalue weighted by molar-refractivity contribution is -0.479. The number of pyridine rings is 2. The predicted octanol–water partition coefficient (Wildman–Crippen LogP) is 2.79. The third-order valence-electron chi connectivity index (χ3n) is 6.14. The van der Waals surface area contributed by atoms with Crippen LogP contribution in [0.4, 0.5) is 5.69 Å². The zero-order valence-corrected chi connectivity index (χ0v) is 20.1. The lowest BCUT2D eigenvalue weighted by Crippen LogP contribution is -3.00. The number of aromatic nitrogens is 2. The van der Waals surface area contributed by atoms with Crippen molar-refractivity contribution in [3.63, 3.8) is 0 Å². The molecule has 4 heteroatoms. The Kier molecular flexibility index (Phi) is 5.87. The van der Waals surface area contributed by atoms with Crippen molar-refractivity contribution in [2.75, 3.05) is 18.5 Å². The van der Waals surface area contributed by atoms with Crippen LogP contribution >= 0.6 is 0 Å². The molecule has 3 nitrogen and oxygen atoms in total. The van der Waals surface area contributed by atoms with E-state index < -0.39 is 0 Å². The van der Waals surface area contributed by atoms with Gasteiger partial charge in [-0.2, -0.15) is 8.80 Å². The highest BCUT2D eigenvalue weighted by atomic mass is 127. The van der Waals surface area contributed by atoms with E-state index in [0.717, 1.165) is 13.0 Å². The number of rotatable bonds is 5. The van der Waals surface area contributed by atoms with Crippen LogP contribution in [0.5, 0.6) is 0 Å². The second-order valence-electron chi connectivity index (χ2n) is 8.05. The van der Waals surface area contributed by atoms with Gasteiger partial charge in [-0.25, -0.2) is 0 Å². The number of hydrogen-bond donors (Lipinski definition) is 0. The molecule has 30 heavy (non-hydrogen) atoms. The molecule has 3 aromatic heterocycles. The first-order valence-corrected chi connectivity index (χ1v) is 10.7. The van der Waals surface area contributed by atoms with Gasteiger partial charge < -0.3 is 28.9 Å². The highest BCUT2D eigenvalue weighted by Crippen LogP contribution is 2.25. The number of benzene rings is 2. The molecule has 0 aliphatic rings. The molecule has 0 aliphatic carbocycles. The normalized spacial score (nSPS) is 11.4. The van der Waals surface area contributed by atoms with Crippen LogP contribution in [0.25, 0.3) is 33.0 Å². The SMILES string of the molecule is CCCCN(C)c1ccc2c(ccc3c[n+]4c5ccc(CC)cc5ccc4n32)c1.[I-]. The van der Waals surface area contributed by atoms with E-state index in [-0.39, 0.29) is 24.0 Å². The maximum atomic E-state index is 2.37. The van der Waals surface area contributed by atoms with E-state index in [2.05, 4.69) is 101 Å². The van der Waals surface area contributed by atoms with Gasteiger partial charge in [-0.05, 0) is 66.9 Å². The molecular weight excluding hydrogens is 481 g/mol. The molecule has 2 aromatic carbocycles. The van der Waals surface area contributed by atoms with E-state index in [1.807, 2.05) is 0 Å². The molecule has 0 atom stereocenters. The first-order chi connectivity index (χ1) is 14.2. The average Bonchev–Trinajstić information content (AvgIpc) is 3.16. The second kappa shape index (κ2) is 8.42. The molecule has 3 heterocycles. The van der Waals surface area contributed by atoms with Gasteiger partial charge >= 0.3 is 0 Å². The molecule has 0 fully saturated rings. The van der Waals surface area contributed by atoms with E-state index in [0.29, 0.717) is 0 Å². The molecule has 0 radical (unpaired) electrons. The largest absolute Gasteiger partial charge is 1.00 e. The van der Waals surface area contributed by atoms with Crippen LogP contribution in [0.3, 0.4) is 0 Å². The summed E-state index contributed by atoms with van der Waals surface area (Å²) in [5, 5.41) is 2.57. The fraction of sp³-hybridized carbons (Fsp3) is 0.269. The second-order valence-corrected chi connectivity index (χ2v) is 8.05. The quantitative estimate of drug-likeness (QED) is 0.262. The number of hydrogen-bond acceptors (Lipinski definition) is 1. The van der Waals surface area contributed by atoms with Gasteiger partial charge in [-0.3, -0.25) is 0 Å². The Balaban J connectivity index is 0.00000218. The zero-order chi connectivity index (χ0) is 20.0. The summed E-state index contributed by atoms with van der Waals surface area (Å²) in [6.07, 6.45) is 5.76. The molecule has 0 unspecified atom stereocenters. The number of halogens is 1. The number of anilines is 1. The van der Waals surface area contributed by atoms with Crippen molar-refractivity contribution < 1.29 is 28.4 Å². The van der Waals surface area contributed by atoms with Gasteiger partial charge in [0.1, 0.15) is 17.2 Å². The van der Waals surface area contributed by atoms with E-state index in [1.54, 1.807) is 0 Å². The minimum atomic E-state index is 0. The lowest BCUT2D eigenvalue weighted by Gasteiger charge is -2.19. The zero-order valence-electron chi connectivity index (χ0n) is 17.9. The Morgan fingerprint density at radius 2 is 1.73 bits per heavy atom. The van der Waals surface area contributed by atoms with E-state index >= 15 is 0 Å². The molecule has 154 valence electrons. The van der Waals surface area contributed by atoms with Crippen molar-refractivity contribution in [1.29, 1.82) is 0 Å². The topological polar surface area (TPSA) is 11.8 Å². The van der Waals surface area contributed by atoms with Crippen molar-refractivity contribution >= 4 is 38.7 Å². The van der Waals surface area contributed by atoms with Gasteiger partial charge in [0, 0.05) is 36.1 Å². The molecule has 0 aliphatic heterocycles. The molecule has 5 rings (SSSR count). The van der Waals surface area contributed by atoms with Crippen molar-refractivity contribution in [3.8, 4) is 0 Å². The third kappa shape index (κ3) is 3.41. The van der Waals surface area contributed by atoms with Crippen LogP contribution in [0.2, 0.25) is 0 Å². The summed E-state index contributed by atoms with van der Waals surface area (Å²) in [6, 6.07) is 22.6. The summed E-state index contributed by atoms with van der Waals surface area (Å²) in [6.45, 7) is 5.55. The predicted molar refractivity (Wildman–Crippen MR) is 123 cm³/mol. The molecule has 0 amide bonds. The van der Waals surface area contributed by atoms with Crippen molar-refractivity contribution in [1.82, 2.24) is 4.40 Å². The molecule has 5 aromatic rings. The van der Waals surface area contributed by atoms with Gasteiger partial charge in [0.2, 0.25) is 0 Å². The summed E-state index contributed by atoms with van der Waals surface area (Å²) in [5.41, 5.74) is 7.60. The Morgan fingerprint density at radius 1 is 0.900 bits per heavy atom. The summed E-state index contributed by atoms with van der Waals surface area (Å²) in [7, 11) is 2.19. The number of aryl methyl sites for hydroxylation is 1. The van der Waals surface area contributed by atoms with E-state index in [1.165, 1.54) is 57.1 Å². The molecule has 0 spiro atoms. The number of unbranched alkanes of at least 4 members (excludes halogenated alkanes) is 1. The smallest absolute Gasteiger partial charge is 0.292 e. The minimum absolute atomic E-state index is 0. The van der Waals surface area contributed by atoms with Crippen LogP contribution in [0.15, 0.2) is 66.9 Å². The Hall–Kier alpha value is -2.34. The summed E-state index contributed by atoms with van der Waals surface area (Å²) in [5.74, 6) is 0. The molecule has 0 bridgehead atoms. The van der Waals surface area contributed by atoms with Crippen LogP contribution in [0.1, 0.15) is 32.3 Å². The standard InChI is InChI=1S/C26H28N3.HI/c1-4-6-15-27(3)22-11-13-25-21(17-22)8-10-23-18-28-24-12-7-19(5-2)16-20(24)9-14-26(28)29(23)25;/h7-14,16-18H,4-6,15H2,1-3H3;1H/q+1;/p-1. The summed E-state index contributed by atoms with van der Waals surface area (Å²) < 4.78 is 4.70. The fourth-order valence-electron chi connectivity index (χ4n) is 4.38. The lowest BCUT2D eigenvalue weighted by atomic mass is 10.1. The highest BCUT2D eigenvalue weighted by molar-refractivity contribution is 5.88. The fourth-order valence-corrected chi connectivity index (χ4v) is 4.38. The van der Waals surface area contributed by atoms with Crippen LogP contribution in [0, 0.1) is 0 Å². The monoisotopic (exact) mass is 509 g/mol. The van der Waals surface area contributed by atoms with Crippen molar-refractivity contribution in [3.05, 3.63) is 72.4 Å². The Morgan fingerprint density at radius 3 is 2.53 bits per heavy atom. The number of nitrogens with zero attached hydrogens (tertiary/aromatic N) is 3. The molecule has 0 N–H and O–H groups in total. The molecule has 0 saturated heterocycles. The maximum absolute atomic E-state index is 2.37. The first kappa shape index (κ1) is 20.9. The van der Waals surface area contributed by atoms with Gasteiger partial charge in [0.25, 0.3) is 5.65 Å². The third-order valence-corrected chi connectivity index (χ3v) is 6.14. The Labute approximate surface area is 194 Å². The number of imidazole rings is 1. The van der Waals surface area contributed by atoms with E-state index in [9.17, 15) is 0 Å². The number of fused-ring (bicyclic) bond motifs is 7. The Bertz CT molecular complexity index is 1350. The van der Waals surface area contributed by atoms with Crippen molar-refractivity contribution in [2.45, 2.75) is 33.1 Å². The van der Waals surface area contributed by atoms with Crippen molar-refractivity contribution in [2.24, 2.45) is 0 Å². The van der Waals surface area contributed by atoms with Gasteiger partial charge in [0.15, 0.2) is 5.52 Å². The van der Waals surface area contributed by atoms with Crippen LogP contribution in [-0.4, -0.2) is 18.0 Å². The van der Waals surface area contributed by atoms with Crippen LogP contribution in [-0.2, 0) is 6.42 Å². The van der Waals surface area contributed by atoms with Crippen LogP contribution < -0.4 is 33.3 Å². The van der Waals surface area contributed by atoms with Gasteiger partial charge in [-0.1, -0.05) is 26.3 Å². The summed E-state index contributed by atoms with van der Waals surface area (Å²) >= 11 is 0. The van der Waals surface area contributed by atoms with Gasteiger partial charge in [0.05, 0.1) is 0 Å². The van der Waals surface area contributed by atoms with E-state index in [4.69, 9.17) is 0 Å². The minimum Gasteiger partial charge on any atom is -1.00 e. The average molecular weight is 509 g/mol. The summed E-state index contributed by atoms with van der Waals surface area (Å²) in [4.78, 5) is 2.36. The highest BCUT2D eigenvalue weighted by Gasteiger charge is 2.17. The molecule has 0 saturated carbocycles. The first-order valence-electron chi connectivity index (χ1n) is 10.7.